The van der Waals surface area contributed by atoms with E-state index < -0.39 is 0 Å². The lowest BCUT2D eigenvalue weighted by Gasteiger charge is -2.57. The molecule has 162 valence electrons. The monoisotopic (exact) mass is 419 g/mol. The van der Waals surface area contributed by atoms with Gasteiger partial charge >= 0.3 is 0 Å². The summed E-state index contributed by atoms with van der Waals surface area (Å²) >= 11 is 0. The summed E-state index contributed by atoms with van der Waals surface area (Å²) < 4.78 is 11.2. The van der Waals surface area contributed by atoms with Gasteiger partial charge in [-0.2, -0.15) is 0 Å². The van der Waals surface area contributed by atoms with Crippen molar-refractivity contribution >= 4 is 16.7 Å². The second-order valence-electron chi connectivity index (χ2n) is 8.92. The van der Waals surface area contributed by atoms with Crippen LogP contribution >= 0.6 is 0 Å². The summed E-state index contributed by atoms with van der Waals surface area (Å²) in [4.78, 5) is 17.4. The minimum absolute atomic E-state index is 0.0661. The van der Waals surface area contributed by atoms with Crippen LogP contribution in [0.1, 0.15) is 36.3 Å². The number of benzene rings is 2. The molecule has 0 aliphatic carbocycles. The van der Waals surface area contributed by atoms with Crippen LogP contribution in [0.3, 0.4) is 0 Å². The van der Waals surface area contributed by atoms with E-state index in [1.54, 1.807) is 0 Å². The third-order valence-corrected chi connectivity index (χ3v) is 7.04. The van der Waals surface area contributed by atoms with Crippen molar-refractivity contribution in [2.24, 2.45) is 0 Å². The molecule has 6 heteroatoms. The first-order valence-corrected chi connectivity index (χ1v) is 11.1. The zero-order chi connectivity index (χ0) is 21.4. The lowest BCUT2D eigenvalue weighted by atomic mass is 9.77. The SMILES string of the molecule is Cc1noc(C)c1CN1CC[C@]12CCCN(C(=O)COc1ccc3ccccc3c1)C2. The van der Waals surface area contributed by atoms with Gasteiger partial charge in [0.25, 0.3) is 5.91 Å². The van der Waals surface area contributed by atoms with Gasteiger partial charge in [0.15, 0.2) is 6.61 Å². The number of rotatable bonds is 5. The molecule has 6 nitrogen and oxygen atoms in total. The molecule has 1 aromatic heterocycles. The zero-order valence-corrected chi connectivity index (χ0v) is 18.3. The van der Waals surface area contributed by atoms with Crippen molar-refractivity contribution in [3.63, 3.8) is 0 Å². The first-order chi connectivity index (χ1) is 15.0. The van der Waals surface area contributed by atoms with Crippen molar-refractivity contribution in [2.45, 2.75) is 45.2 Å². The predicted octanol–water partition coefficient (Wildman–Crippen LogP) is 4.09. The molecule has 2 aliphatic heterocycles. The summed E-state index contributed by atoms with van der Waals surface area (Å²) in [6.45, 7) is 7.54. The molecule has 2 fully saturated rings. The van der Waals surface area contributed by atoms with Crippen LogP contribution in [0.15, 0.2) is 47.0 Å². The Balaban J connectivity index is 1.22. The Morgan fingerprint density at radius 1 is 1.13 bits per heavy atom. The van der Waals surface area contributed by atoms with Crippen LogP contribution < -0.4 is 4.74 Å². The van der Waals surface area contributed by atoms with Gasteiger partial charge in [-0.15, -0.1) is 0 Å². The maximum atomic E-state index is 13.0. The number of ether oxygens (including phenoxy) is 1. The van der Waals surface area contributed by atoms with Crippen molar-refractivity contribution in [1.29, 1.82) is 0 Å². The van der Waals surface area contributed by atoms with Crippen molar-refractivity contribution < 1.29 is 14.1 Å². The standard InChI is InChI=1S/C25H29N3O3/c1-18-23(19(2)31-26-18)15-28-13-11-25(28)10-5-12-27(17-25)24(29)16-30-22-9-8-20-6-3-4-7-21(20)14-22/h3-4,6-9,14H,5,10-13,15-17H2,1-2H3/t25-/m0/s1. The minimum atomic E-state index is 0.0661. The van der Waals surface area contributed by atoms with Crippen molar-refractivity contribution in [1.82, 2.24) is 15.0 Å². The number of fused-ring (bicyclic) bond motifs is 1. The number of nitrogens with zero attached hydrogens (tertiary/aromatic N) is 3. The fourth-order valence-electron chi connectivity index (χ4n) is 5.03. The molecule has 2 aromatic carbocycles. The maximum absolute atomic E-state index is 13.0. The Kier molecular flexibility index (Phi) is 5.18. The van der Waals surface area contributed by atoms with Crippen LogP contribution in [-0.4, -0.2) is 52.6 Å². The van der Waals surface area contributed by atoms with Gasteiger partial charge in [-0.25, -0.2) is 0 Å². The van der Waals surface area contributed by atoms with Gasteiger partial charge in [0.05, 0.1) is 5.69 Å². The van der Waals surface area contributed by atoms with Crippen LogP contribution in [0, 0.1) is 13.8 Å². The molecule has 0 radical (unpaired) electrons. The lowest BCUT2D eigenvalue weighted by Crippen LogP contribution is -2.67. The van der Waals surface area contributed by atoms with Gasteiger partial charge in [0.1, 0.15) is 11.5 Å². The van der Waals surface area contributed by atoms with E-state index in [-0.39, 0.29) is 18.1 Å². The summed E-state index contributed by atoms with van der Waals surface area (Å²) in [5, 5.41) is 6.38. The van der Waals surface area contributed by atoms with Gasteiger partial charge in [-0.3, -0.25) is 9.69 Å². The largest absolute Gasteiger partial charge is 0.484 e. The number of amides is 1. The van der Waals surface area contributed by atoms with E-state index in [4.69, 9.17) is 9.26 Å². The van der Waals surface area contributed by atoms with Crippen LogP contribution in [0.2, 0.25) is 0 Å². The molecule has 1 spiro atoms. The van der Waals surface area contributed by atoms with E-state index in [2.05, 4.69) is 22.2 Å². The predicted molar refractivity (Wildman–Crippen MR) is 119 cm³/mol. The highest BCUT2D eigenvalue weighted by Gasteiger charge is 2.48. The van der Waals surface area contributed by atoms with Crippen molar-refractivity contribution in [3.05, 3.63) is 59.5 Å². The highest BCUT2D eigenvalue weighted by atomic mass is 16.5. The van der Waals surface area contributed by atoms with Crippen molar-refractivity contribution in [3.8, 4) is 5.75 Å². The fraction of sp³-hybridized carbons (Fsp3) is 0.440. The van der Waals surface area contributed by atoms with Crippen LogP contribution in [-0.2, 0) is 11.3 Å². The molecular formula is C25H29N3O3. The number of likely N-dealkylation sites (tertiary alicyclic amines) is 2. The Morgan fingerprint density at radius 3 is 2.71 bits per heavy atom. The molecule has 0 bridgehead atoms. The minimum Gasteiger partial charge on any atom is -0.484 e. The molecule has 1 amide bonds. The number of aromatic nitrogens is 1. The highest BCUT2D eigenvalue weighted by molar-refractivity contribution is 5.84. The van der Waals surface area contributed by atoms with Crippen LogP contribution in [0.25, 0.3) is 10.8 Å². The van der Waals surface area contributed by atoms with E-state index in [0.29, 0.717) is 0 Å². The Morgan fingerprint density at radius 2 is 1.97 bits per heavy atom. The normalized spacial score (nSPS) is 21.4. The number of aryl methyl sites for hydroxylation is 2. The zero-order valence-electron chi connectivity index (χ0n) is 18.3. The average molecular weight is 420 g/mol. The Hall–Kier alpha value is -2.86. The molecule has 3 aromatic rings. The maximum Gasteiger partial charge on any atom is 0.260 e. The Bertz CT molecular complexity index is 1090. The van der Waals surface area contributed by atoms with Gasteiger partial charge in [-0.1, -0.05) is 35.5 Å². The van der Waals surface area contributed by atoms with E-state index in [0.717, 1.165) is 68.0 Å². The van der Waals surface area contributed by atoms with Crippen molar-refractivity contribution in [2.75, 3.05) is 26.2 Å². The number of carbonyl (C=O) groups excluding carboxylic acids is 1. The summed E-state index contributed by atoms with van der Waals surface area (Å²) in [5.41, 5.74) is 2.22. The van der Waals surface area contributed by atoms with Gasteiger partial charge in [0.2, 0.25) is 0 Å². The molecular weight excluding hydrogens is 390 g/mol. The first-order valence-electron chi connectivity index (χ1n) is 11.1. The molecule has 3 heterocycles. The fourth-order valence-corrected chi connectivity index (χ4v) is 5.03. The topological polar surface area (TPSA) is 58.8 Å². The summed E-state index contributed by atoms with van der Waals surface area (Å²) in [5.74, 6) is 1.70. The number of piperidine rings is 1. The van der Waals surface area contributed by atoms with Gasteiger partial charge in [-0.05, 0) is 56.0 Å². The van der Waals surface area contributed by atoms with Crippen LogP contribution in [0.5, 0.6) is 5.75 Å². The average Bonchev–Trinajstić information content (AvgIpc) is 3.12. The van der Waals surface area contributed by atoms with Crippen LogP contribution in [0.4, 0.5) is 0 Å². The number of hydrogen-bond donors (Lipinski definition) is 0. The molecule has 31 heavy (non-hydrogen) atoms. The summed E-state index contributed by atoms with van der Waals surface area (Å²) in [6, 6.07) is 14.1. The molecule has 0 saturated carbocycles. The molecule has 0 unspecified atom stereocenters. The quantitative estimate of drug-likeness (QED) is 0.623. The highest BCUT2D eigenvalue weighted by Crippen LogP contribution is 2.40. The van der Waals surface area contributed by atoms with E-state index in [1.807, 2.05) is 49.1 Å². The summed E-state index contributed by atoms with van der Waals surface area (Å²) in [7, 11) is 0. The molecule has 2 aliphatic rings. The van der Waals surface area contributed by atoms with Gasteiger partial charge < -0.3 is 14.2 Å². The number of carbonyl (C=O) groups is 1. The smallest absolute Gasteiger partial charge is 0.260 e. The third-order valence-electron chi connectivity index (χ3n) is 7.04. The molecule has 1 atom stereocenters. The lowest BCUT2D eigenvalue weighted by molar-refractivity contribution is -0.142. The number of hydrogen-bond acceptors (Lipinski definition) is 5. The molecule has 0 N–H and O–H groups in total. The molecule has 5 rings (SSSR count). The molecule has 2 saturated heterocycles. The summed E-state index contributed by atoms with van der Waals surface area (Å²) in [6.07, 6.45) is 3.29. The van der Waals surface area contributed by atoms with E-state index in [1.165, 1.54) is 10.9 Å². The second-order valence-corrected chi connectivity index (χ2v) is 8.92. The first kappa shape index (κ1) is 20.1. The van der Waals surface area contributed by atoms with E-state index >= 15 is 0 Å². The third kappa shape index (κ3) is 3.81. The Labute approximate surface area is 182 Å². The second kappa shape index (κ2) is 8.00. The van der Waals surface area contributed by atoms with Gasteiger partial charge in [0, 0.05) is 37.3 Å². The van der Waals surface area contributed by atoms with E-state index in [9.17, 15) is 4.79 Å².